The van der Waals surface area contributed by atoms with Gasteiger partial charge in [0.15, 0.2) is 0 Å². The first kappa shape index (κ1) is 21.7. The number of hydrogen-bond donors (Lipinski definition) is 0. The Bertz CT molecular complexity index is 928. The largest absolute Gasteiger partial charge is 0.494 e. The van der Waals surface area contributed by atoms with Gasteiger partial charge in [-0.2, -0.15) is 0 Å². The van der Waals surface area contributed by atoms with Gasteiger partial charge in [0.1, 0.15) is 17.2 Å². The molecule has 3 aromatic carbocycles. The molecule has 0 amide bonds. The first-order valence-corrected chi connectivity index (χ1v) is 10.4. The zero-order valence-electron chi connectivity index (χ0n) is 18.0. The second kappa shape index (κ2) is 10.7. The van der Waals surface area contributed by atoms with Crippen molar-refractivity contribution in [3.8, 4) is 17.2 Å². The maximum absolute atomic E-state index is 6.00. The van der Waals surface area contributed by atoms with Gasteiger partial charge >= 0.3 is 0 Å². The highest BCUT2D eigenvalue weighted by Crippen LogP contribution is 2.24. The van der Waals surface area contributed by atoms with Crippen molar-refractivity contribution >= 4 is 6.08 Å². The Labute approximate surface area is 179 Å². The monoisotopic (exact) mass is 402 g/mol. The molecule has 3 nitrogen and oxygen atoms in total. The number of ether oxygens (including phenoxy) is 3. The van der Waals surface area contributed by atoms with Crippen molar-refractivity contribution in [2.24, 2.45) is 5.41 Å². The summed E-state index contributed by atoms with van der Waals surface area (Å²) in [6.45, 7) is 8.19. The van der Waals surface area contributed by atoms with Gasteiger partial charge in [-0.25, -0.2) is 0 Å². The first-order valence-electron chi connectivity index (χ1n) is 10.4. The van der Waals surface area contributed by atoms with Crippen molar-refractivity contribution in [1.29, 1.82) is 0 Å². The molecule has 0 radical (unpaired) electrons. The predicted molar refractivity (Wildman–Crippen MR) is 123 cm³/mol. The SMILES string of the molecule is CCOc1ccc(/C=C/C(C)(C)COCc2cccc(Oc3ccccc3)c2)cc1. The van der Waals surface area contributed by atoms with Gasteiger partial charge in [0, 0.05) is 5.41 Å². The topological polar surface area (TPSA) is 27.7 Å². The molecule has 3 aromatic rings. The summed E-state index contributed by atoms with van der Waals surface area (Å²) in [6, 6.07) is 26.0. The summed E-state index contributed by atoms with van der Waals surface area (Å²) < 4.78 is 17.4. The van der Waals surface area contributed by atoms with Gasteiger partial charge in [-0.3, -0.25) is 0 Å². The Hall–Kier alpha value is -3.04. The Morgan fingerprint density at radius 3 is 2.27 bits per heavy atom. The van der Waals surface area contributed by atoms with Crippen LogP contribution >= 0.6 is 0 Å². The zero-order chi connectivity index (χ0) is 21.2. The Morgan fingerprint density at radius 1 is 0.800 bits per heavy atom. The van der Waals surface area contributed by atoms with E-state index in [0.29, 0.717) is 19.8 Å². The lowest BCUT2D eigenvalue weighted by Gasteiger charge is -2.20. The third-order valence-corrected chi connectivity index (χ3v) is 4.54. The second-order valence-corrected chi connectivity index (χ2v) is 7.88. The summed E-state index contributed by atoms with van der Waals surface area (Å²) in [4.78, 5) is 0. The minimum atomic E-state index is -0.0727. The standard InChI is InChI=1S/C27H30O3/c1-4-29-24-15-13-22(14-16-24)17-18-27(2,3)21-28-20-23-9-8-12-26(19-23)30-25-10-6-5-7-11-25/h5-19H,4,20-21H2,1-3H3/b18-17+. The Morgan fingerprint density at radius 2 is 1.53 bits per heavy atom. The van der Waals surface area contributed by atoms with Gasteiger partial charge in [0.25, 0.3) is 0 Å². The van der Waals surface area contributed by atoms with Gasteiger partial charge in [-0.15, -0.1) is 0 Å². The average Bonchev–Trinajstić information content (AvgIpc) is 2.74. The molecule has 0 aliphatic rings. The molecule has 0 spiro atoms. The molecular formula is C27H30O3. The molecule has 0 unspecified atom stereocenters. The van der Waals surface area contributed by atoms with Crippen LogP contribution in [0.4, 0.5) is 0 Å². The van der Waals surface area contributed by atoms with E-state index in [1.165, 1.54) is 0 Å². The number of hydrogen-bond acceptors (Lipinski definition) is 3. The lowest BCUT2D eigenvalue weighted by molar-refractivity contribution is 0.0719. The van der Waals surface area contributed by atoms with Crippen LogP contribution in [0.25, 0.3) is 6.08 Å². The van der Waals surface area contributed by atoms with Crippen LogP contribution in [0.5, 0.6) is 17.2 Å². The zero-order valence-corrected chi connectivity index (χ0v) is 18.0. The predicted octanol–water partition coefficient (Wildman–Crippen LogP) is 7.13. The van der Waals surface area contributed by atoms with E-state index in [0.717, 1.165) is 28.4 Å². The lowest BCUT2D eigenvalue weighted by Crippen LogP contribution is -2.16. The van der Waals surface area contributed by atoms with E-state index < -0.39 is 0 Å². The molecule has 0 saturated carbocycles. The summed E-state index contributed by atoms with van der Waals surface area (Å²) in [5.41, 5.74) is 2.17. The minimum absolute atomic E-state index is 0.0727. The van der Waals surface area contributed by atoms with Crippen molar-refractivity contribution in [1.82, 2.24) is 0 Å². The highest BCUT2D eigenvalue weighted by Gasteiger charge is 2.14. The van der Waals surface area contributed by atoms with E-state index in [9.17, 15) is 0 Å². The molecule has 156 valence electrons. The molecule has 3 heteroatoms. The molecule has 0 fully saturated rings. The fourth-order valence-corrected chi connectivity index (χ4v) is 2.97. The van der Waals surface area contributed by atoms with Crippen molar-refractivity contribution in [3.05, 3.63) is 96.1 Å². The van der Waals surface area contributed by atoms with Gasteiger partial charge in [-0.05, 0) is 54.4 Å². The van der Waals surface area contributed by atoms with Crippen molar-refractivity contribution in [2.45, 2.75) is 27.4 Å². The smallest absolute Gasteiger partial charge is 0.127 e. The van der Waals surface area contributed by atoms with Gasteiger partial charge in [-0.1, -0.05) is 68.5 Å². The summed E-state index contributed by atoms with van der Waals surface area (Å²) in [5, 5.41) is 0. The van der Waals surface area contributed by atoms with Gasteiger partial charge in [0.05, 0.1) is 19.8 Å². The molecule has 0 aliphatic heterocycles. The molecule has 30 heavy (non-hydrogen) atoms. The maximum Gasteiger partial charge on any atom is 0.127 e. The van der Waals surface area contributed by atoms with E-state index >= 15 is 0 Å². The van der Waals surface area contributed by atoms with E-state index in [1.807, 2.05) is 67.6 Å². The van der Waals surface area contributed by atoms with Crippen LogP contribution in [0.2, 0.25) is 0 Å². The number of rotatable bonds is 10. The number of para-hydroxylation sites is 1. The van der Waals surface area contributed by atoms with Gasteiger partial charge in [0.2, 0.25) is 0 Å². The summed E-state index contributed by atoms with van der Waals surface area (Å²) >= 11 is 0. The molecule has 0 atom stereocenters. The first-order chi connectivity index (χ1) is 14.5. The van der Waals surface area contributed by atoms with Crippen LogP contribution < -0.4 is 9.47 Å². The maximum atomic E-state index is 6.00. The van der Waals surface area contributed by atoms with Crippen molar-refractivity contribution in [3.63, 3.8) is 0 Å². The summed E-state index contributed by atoms with van der Waals surface area (Å²) in [6.07, 6.45) is 4.32. The average molecular weight is 403 g/mol. The van der Waals surface area contributed by atoms with E-state index in [-0.39, 0.29) is 5.41 Å². The highest BCUT2D eigenvalue weighted by molar-refractivity contribution is 5.51. The van der Waals surface area contributed by atoms with Crippen LogP contribution in [0.15, 0.2) is 84.9 Å². The molecule has 0 bridgehead atoms. The molecule has 3 rings (SSSR count). The molecule has 0 aromatic heterocycles. The Balaban J connectivity index is 1.50. The van der Waals surface area contributed by atoms with E-state index in [1.54, 1.807) is 0 Å². The summed E-state index contributed by atoms with van der Waals surface area (Å²) in [5.74, 6) is 2.55. The van der Waals surface area contributed by atoms with Crippen LogP contribution in [0, 0.1) is 5.41 Å². The number of benzene rings is 3. The van der Waals surface area contributed by atoms with Crippen LogP contribution in [0.1, 0.15) is 31.9 Å². The van der Waals surface area contributed by atoms with E-state index in [2.05, 4.69) is 44.2 Å². The molecule has 0 heterocycles. The Kier molecular flexibility index (Phi) is 7.69. The second-order valence-electron chi connectivity index (χ2n) is 7.88. The molecule has 0 saturated heterocycles. The van der Waals surface area contributed by atoms with Gasteiger partial charge < -0.3 is 14.2 Å². The molecular weight excluding hydrogens is 372 g/mol. The quantitative estimate of drug-likeness (QED) is 0.361. The lowest BCUT2D eigenvalue weighted by atomic mass is 9.93. The third-order valence-electron chi connectivity index (χ3n) is 4.54. The highest BCUT2D eigenvalue weighted by atomic mass is 16.5. The molecule has 0 N–H and O–H groups in total. The normalized spacial score (nSPS) is 11.6. The van der Waals surface area contributed by atoms with Crippen LogP contribution in [-0.4, -0.2) is 13.2 Å². The van der Waals surface area contributed by atoms with Crippen molar-refractivity contribution < 1.29 is 14.2 Å². The summed E-state index contributed by atoms with van der Waals surface area (Å²) in [7, 11) is 0. The van der Waals surface area contributed by atoms with Crippen molar-refractivity contribution in [2.75, 3.05) is 13.2 Å². The fraction of sp³-hybridized carbons (Fsp3) is 0.259. The third kappa shape index (κ3) is 7.09. The minimum Gasteiger partial charge on any atom is -0.494 e. The van der Waals surface area contributed by atoms with Crippen LogP contribution in [0.3, 0.4) is 0 Å². The fourth-order valence-electron chi connectivity index (χ4n) is 2.97. The van der Waals surface area contributed by atoms with Crippen LogP contribution in [-0.2, 0) is 11.3 Å². The van der Waals surface area contributed by atoms with E-state index in [4.69, 9.17) is 14.2 Å². The molecule has 0 aliphatic carbocycles.